The van der Waals surface area contributed by atoms with E-state index in [1.54, 1.807) is 0 Å². The summed E-state index contributed by atoms with van der Waals surface area (Å²) in [7, 11) is 0. The van der Waals surface area contributed by atoms with Crippen molar-refractivity contribution in [3.05, 3.63) is 88.2 Å². The maximum atomic E-state index is 6.47. The van der Waals surface area contributed by atoms with Crippen LogP contribution in [0.25, 0.3) is 22.2 Å². The first-order valence-electron chi connectivity index (χ1n) is 8.08. The maximum absolute atomic E-state index is 6.47. The van der Waals surface area contributed by atoms with Crippen LogP contribution in [0.4, 0.5) is 0 Å². The second kappa shape index (κ2) is 6.55. The zero-order valence-electron chi connectivity index (χ0n) is 13.7. The summed E-state index contributed by atoms with van der Waals surface area (Å²) in [5.74, 6) is 0.791. The van der Waals surface area contributed by atoms with Crippen LogP contribution in [0, 0.1) is 6.92 Å². The standard InChI is InChI=1S/C21H16Cl2N2/c1-14-11-16-9-5-6-10-17(16)18(12-14)21-24-19(22)20(23)25(21)13-15-7-3-2-4-8-15/h2-12H,13H2,1H3. The molecule has 1 heterocycles. The quantitative estimate of drug-likeness (QED) is 0.412. The average molecular weight is 367 g/mol. The predicted octanol–water partition coefficient (Wildman–Crippen LogP) is 6.37. The van der Waals surface area contributed by atoms with E-state index in [9.17, 15) is 0 Å². The molecule has 2 nitrogen and oxygen atoms in total. The summed E-state index contributed by atoms with van der Waals surface area (Å²) in [6.07, 6.45) is 0. The molecule has 0 saturated heterocycles. The van der Waals surface area contributed by atoms with Gasteiger partial charge in [0.05, 0.1) is 6.54 Å². The first-order chi connectivity index (χ1) is 12.1. The third-order valence-corrected chi connectivity index (χ3v) is 5.04. The number of aromatic nitrogens is 2. The molecule has 0 aliphatic rings. The summed E-state index contributed by atoms with van der Waals surface area (Å²) in [4.78, 5) is 4.56. The Hall–Kier alpha value is -2.29. The molecular formula is C21H16Cl2N2. The lowest BCUT2D eigenvalue weighted by Crippen LogP contribution is -2.03. The zero-order valence-corrected chi connectivity index (χ0v) is 15.2. The highest BCUT2D eigenvalue weighted by molar-refractivity contribution is 6.40. The molecule has 0 aliphatic carbocycles. The van der Waals surface area contributed by atoms with Gasteiger partial charge >= 0.3 is 0 Å². The van der Waals surface area contributed by atoms with E-state index >= 15 is 0 Å². The molecule has 0 saturated carbocycles. The second-order valence-electron chi connectivity index (χ2n) is 6.12. The summed E-state index contributed by atoms with van der Waals surface area (Å²) in [6, 6.07) is 22.8. The minimum Gasteiger partial charge on any atom is -0.309 e. The van der Waals surface area contributed by atoms with Gasteiger partial charge in [-0.3, -0.25) is 0 Å². The molecule has 4 heteroatoms. The lowest BCUT2D eigenvalue weighted by atomic mass is 10.0. The van der Waals surface area contributed by atoms with Gasteiger partial charge in [-0.05, 0) is 34.9 Å². The van der Waals surface area contributed by atoms with Crippen LogP contribution in [0.1, 0.15) is 11.1 Å². The molecular weight excluding hydrogens is 351 g/mol. The number of fused-ring (bicyclic) bond motifs is 1. The first-order valence-corrected chi connectivity index (χ1v) is 8.84. The van der Waals surface area contributed by atoms with Gasteiger partial charge in [0.15, 0.2) is 5.15 Å². The molecule has 3 aromatic carbocycles. The summed E-state index contributed by atoms with van der Waals surface area (Å²) < 4.78 is 1.97. The molecule has 25 heavy (non-hydrogen) atoms. The largest absolute Gasteiger partial charge is 0.309 e. The van der Waals surface area contributed by atoms with Crippen molar-refractivity contribution >= 4 is 34.0 Å². The summed E-state index contributed by atoms with van der Waals surface area (Å²) in [5.41, 5.74) is 3.37. The van der Waals surface area contributed by atoms with Crippen molar-refractivity contribution < 1.29 is 0 Å². The molecule has 0 bridgehead atoms. The van der Waals surface area contributed by atoms with Gasteiger partial charge in [-0.1, -0.05) is 83.9 Å². The van der Waals surface area contributed by atoms with Gasteiger partial charge in [-0.25, -0.2) is 4.98 Å². The van der Waals surface area contributed by atoms with E-state index in [1.807, 2.05) is 34.9 Å². The monoisotopic (exact) mass is 366 g/mol. The Morgan fingerprint density at radius 2 is 1.64 bits per heavy atom. The SMILES string of the molecule is Cc1cc(-c2nc(Cl)c(Cl)n2Cc2ccccc2)c2ccccc2c1. The number of rotatable bonds is 3. The Balaban J connectivity index is 1.94. The zero-order chi connectivity index (χ0) is 17.4. The summed E-state index contributed by atoms with van der Waals surface area (Å²) in [5, 5.41) is 3.11. The van der Waals surface area contributed by atoms with Crippen molar-refractivity contribution in [2.75, 3.05) is 0 Å². The normalized spacial score (nSPS) is 11.2. The molecule has 0 radical (unpaired) electrons. The Morgan fingerprint density at radius 1 is 0.920 bits per heavy atom. The molecule has 4 aromatic rings. The van der Waals surface area contributed by atoms with Crippen molar-refractivity contribution in [2.24, 2.45) is 0 Å². The average Bonchev–Trinajstić information content (AvgIpc) is 2.90. The van der Waals surface area contributed by atoms with Crippen LogP contribution in [0.15, 0.2) is 66.7 Å². The Morgan fingerprint density at radius 3 is 2.44 bits per heavy atom. The molecule has 0 atom stereocenters. The van der Waals surface area contributed by atoms with Gasteiger partial charge < -0.3 is 4.57 Å². The second-order valence-corrected chi connectivity index (χ2v) is 6.84. The van der Waals surface area contributed by atoms with Gasteiger partial charge in [0.2, 0.25) is 0 Å². The number of nitrogens with zero attached hydrogens (tertiary/aromatic N) is 2. The number of imidazole rings is 1. The fourth-order valence-electron chi connectivity index (χ4n) is 3.17. The molecule has 0 amide bonds. The van der Waals surface area contributed by atoms with Crippen molar-refractivity contribution in [1.82, 2.24) is 9.55 Å². The van der Waals surface area contributed by atoms with E-state index in [4.69, 9.17) is 23.2 Å². The van der Waals surface area contributed by atoms with Crippen LogP contribution in [-0.4, -0.2) is 9.55 Å². The van der Waals surface area contributed by atoms with Gasteiger partial charge in [-0.15, -0.1) is 0 Å². The topological polar surface area (TPSA) is 17.8 Å². The predicted molar refractivity (Wildman–Crippen MR) is 105 cm³/mol. The molecule has 0 spiro atoms. The van der Waals surface area contributed by atoms with Crippen LogP contribution in [0.2, 0.25) is 10.3 Å². The smallest absolute Gasteiger partial charge is 0.166 e. The third-order valence-electron chi connectivity index (χ3n) is 4.30. The van der Waals surface area contributed by atoms with Crippen molar-refractivity contribution in [2.45, 2.75) is 13.5 Å². The number of aryl methyl sites for hydroxylation is 1. The van der Waals surface area contributed by atoms with E-state index in [1.165, 1.54) is 10.9 Å². The Kier molecular flexibility index (Phi) is 4.24. The van der Waals surface area contributed by atoms with Crippen LogP contribution in [-0.2, 0) is 6.54 Å². The van der Waals surface area contributed by atoms with Gasteiger partial charge in [0.1, 0.15) is 11.0 Å². The van der Waals surface area contributed by atoms with Gasteiger partial charge in [0.25, 0.3) is 0 Å². The number of halogens is 2. The summed E-state index contributed by atoms with van der Waals surface area (Å²) >= 11 is 12.8. The Labute approximate surface area is 156 Å². The number of hydrogen-bond acceptors (Lipinski definition) is 1. The van der Waals surface area contributed by atoms with Crippen LogP contribution >= 0.6 is 23.2 Å². The van der Waals surface area contributed by atoms with Gasteiger partial charge in [0, 0.05) is 5.56 Å². The van der Waals surface area contributed by atoms with E-state index in [0.29, 0.717) is 16.9 Å². The molecule has 0 fully saturated rings. The van der Waals surface area contributed by atoms with Crippen LogP contribution in [0.3, 0.4) is 0 Å². The number of hydrogen-bond donors (Lipinski definition) is 0. The molecule has 0 aliphatic heterocycles. The Bertz CT molecular complexity index is 1050. The van der Waals surface area contributed by atoms with Crippen LogP contribution < -0.4 is 0 Å². The van der Waals surface area contributed by atoms with Crippen molar-refractivity contribution in [3.8, 4) is 11.4 Å². The van der Waals surface area contributed by atoms with E-state index in [-0.39, 0.29) is 0 Å². The number of benzene rings is 3. The van der Waals surface area contributed by atoms with Crippen molar-refractivity contribution in [1.29, 1.82) is 0 Å². The fourth-order valence-corrected chi connectivity index (χ4v) is 3.53. The van der Waals surface area contributed by atoms with E-state index in [0.717, 1.165) is 22.3 Å². The molecule has 4 rings (SSSR count). The lowest BCUT2D eigenvalue weighted by Gasteiger charge is -2.12. The van der Waals surface area contributed by atoms with E-state index < -0.39 is 0 Å². The third kappa shape index (κ3) is 3.04. The lowest BCUT2D eigenvalue weighted by molar-refractivity contribution is 0.808. The first kappa shape index (κ1) is 16.2. The molecule has 0 N–H and O–H groups in total. The highest BCUT2D eigenvalue weighted by atomic mass is 35.5. The maximum Gasteiger partial charge on any atom is 0.166 e. The minimum atomic E-state index is 0.332. The van der Waals surface area contributed by atoms with Gasteiger partial charge in [-0.2, -0.15) is 0 Å². The molecule has 124 valence electrons. The summed E-state index contributed by atoms with van der Waals surface area (Å²) in [6.45, 7) is 2.71. The fraction of sp³-hybridized carbons (Fsp3) is 0.0952. The van der Waals surface area contributed by atoms with Crippen LogP contribution in [0.5, 0.6) is 0 Å². The van der Waals surface area contributed by atoms with E-state index in [2.05, 4.69) is 48.3 Å². The molecule has 1 aromatic heterocycles. The molecule has 0 unspecified atom stereocenters. The highest BCUT2D eigenvalue weighted by Gasteiger charge is 2.18. The van der Waals surface area contributed by atoms with Crippen molar-refractivity contribution in [3.63, 3.8) is 0 Å². The highest BCUT2D eigenvalue weighted by Crippen LogP contribution is 2.34. The minimum absolute atomic E-state index is 0.332.